The molecule has 0 aliphatic carbocycles. The van der Waals surface area contributed by atoms with E-state index in [0.29, 0.717) is 17.2 Å². The Balaban J connectivity index is 1.87. The minimum atomic E-state index is -0.595. The second-order valence-electron chi connectivity index (χ2n) is 7.69. The Labute approximate surface area is 180 Å². The van der Waals surface area contributed by atoms with Gasteiger partial charge in [0.05, 0.1) is 11.4 Å². The van der Waals surface area contributed by atoms with Gasteiger partial charge in [-0.25, -0.2) is 4.39 Å². The number of amides is 1. The highest BCUT2D eigenvalue weighted by molar-refractivity contribution is 6.32. The molecule has 0 bridgehead atoms. The fourth-order valence-corrected chi connectivity index (χ4v) is 4.04. The second-order valence-corrected chi connectivity index (χ2v) is 8.13. The fraction of sp³-hybridized carbons (Fsp3) is 0.200. The number of carbonyl (C=O) groups is 1. The van der Waals surface area contributed by atoms with Gasteiger partial charge in [-0.15, -0.1) is 0 Å². The number of rotatable bonds is 3. The zero-order valence-corrected chi connectivity index (χ0v) is 17.9. The summed E-state index contributed by atoms with van der Waals surface area (Å²) in [5.41, 5.74) is 6.27. The highest BCUT2D eigenvalue weighted by Crippen LogP contribution is 2.31. The molecule has 1 aliphatic heterocycles. The molecule has 0 saturated heterocycles. The Morgan fingerprint density at radius 1 is 1.03 bits per heavy atom. The summed E-state index contributed by atoms with van der Waals surface area (Å²) in [6.45, 7) is 4.10. The average Bonchev–Trinajstić information content (AvgIpc) is 2.81. The summed E-state index contributed by atoms with van der Waals surface area (Å²) in [6, 6.07) is 17.2. The number of hydrogen-bond donors (Lipinski definition) is 0. The predicted molar refractivity (Wildman–Crippen MR) is 120 cm³/mol. The molecule has 0 fully saturated rings. The van der Waals surface area contributed by atoms with Gasteiger partial charge in [0.1, 0.15) is 11.9 Å². The van der Waals surface area contributed by atoms with Crippen LogP contribution in [0.2, 0.25) is 5.02 Å². The summed E-state index contributed by atoms with van der Waals surface area (Å²) in [5, 5.41) is 0.553. The number of hydrogen-bond acceptors (Lipinski definition) is 2. The summed E-state index contributed by atoms with van der Waals surface area (Å²) >= 11 is 6.28. The molecule has 3 nitrogen and oxygen atoms in total. The number of likely N-dealkylation sites (N-methyl/N-ethyl adjacent to an activating group) is 1. The Kier molecular flexibility index (Phi) is 5.44. The lowest BCUT2D eigenvalue weighted by molar-refractivity contribution is -0.119. The van der Waals surface area contributed by atoms with E-state index in [1.807, 2.05) is 32.0 Å². The third kappa shape index (κ3) is 3.88. The van der Waals surface area contributed by atoms with Crippen molar-refractivity contribution < 1.29 is 9.18 Å². The molecule has 3 aromatic carbocycles. The number of nitrogens with zero attached hydrogens (tertiary/aromatic N) is 2. The van der Waals surface area contributed by atoms with E-state index in [2.05, 4.69) is 12.1 Å². The van der Waals surface area contributed by atoms with Crippen LogP contribution in [0.5, 0.6) is 0 Å². The summed E-state index contributed by atoms with van der Waals surface area (Å²) in [6.07, 6.45) is 0.488. The molecule has 30 heavy (non-hydrogen) atoms. The first-order valence-electron chi connectivity index (χ1n) is 9.81. The lowest BCUT2D eigenvalue weighted by atomic mass is 9.98. The monoisotopic (exact) mass is 420 g/mol. The number of anilines is 1. The van der Waals surface area contributed by atoms with Crippen LogP contribution in [0.15, 0.2) is 65.7 Å². The Morgan fingerprint density at radius 2 is 1.77 bits per heavy atom. The van der Waals surface area contributed by atoms with Crippen molar-refractivity contribution in [3.8, 4) is 0 Å². The minimum absolute atomic E-state index is 0.0874. The van der Waals surface area contributed by atoms with Crippen molar-refractivity contribution in [3.63, 3.8) is 0 Å². The van der Waals surface area contributed by atoms with Crippen LogP contribution >= 0.6 is 11.6 Å². The first-order chi connectivity index (χ1) is 14.3. The third-order valence-electron chi connectivity index (χ3n) is 5.50. The summed E-state index contributed by atoms with van der Waals surface area (Å²) in [4.78, 5) is 19.9. The van der Waals surface area contributed by atoms with Crippen molar-refractivity contribution in [1.82, 2.24) is 0 Å². The molecule has 3 aromatic rings. The summed E-state index contributed by atoms with van der Waals surface area (Å²) < 4.78 is 13.5. The number of halogens is 2. The molecule has 1 aliphatic rings. The quantitative estimate of drug-likeness (QED) is 0.549. The molecular formula is C25H22ClFN2O. The standard InChI is InChI=1S/C25H22ClFN2O/c1-15-4-5-18(16(2)12-15)13-22-25(30)29(3)23-11-8-19(26)14-21(23)24(28-22)17-6-9-20(27)10-7-17/h4-12,14,22H,13H2,1-3H3. The maximum atomic E-state index is 13.5. The van der Waals surface area contributed by atoms with E-state index in [1.165, 1.54) is 17.7 Å². The first-order valence-corrected chi connectivity index (χ1v) is 10.2. The molecule has 5 heteroatoms. The molecule has 0 aromatic heterocycles. The Morgan fingerprint density at radius 3 is 2.47 bits per heavy atom. The van der Waals surface area contributed by atoms with Crippen molar-refractivity contribution >= 4 is 28.9 Å². The van der Waals surface area contributed by atoms with Crippen LogP contribution in [-0.2, 0) is 11.2 Å². The maximum Gasteiger partial charge on any atom is 0.251 e. The van der Waals surface area contributed by atoms with E-state index in [-0.39, 0.29) is 11.7 Å². The van der Waals surface area contributed by atoms with Gasteiger partial charge in [-0.2, -0.15) is 0 Å². The lowest BCUT2D eigenvalue weighted by Crippen LogP contribution is -2.36. The third-order valence-corrected chi connectivity index (χ3v) is 5.74. The highest BCUT2D eigenvalue weighted by Gasteiger charge is 2.30. The Bertz CT molecular complexity index is 1150. The van der Waals surface area contributed by atoms with Crippen LogP contribution in [0.3, 0.4) is 0 Å². The van der Waals surface area contributed by atoms with E-state index < -0.39 is 6.04 Å². The molecule has 0 N–H and O–H groups in total. The molecule has 1 amide bonds. The van der Waals surface area contributed by atoms with E-state index in [9.17, 15) is 9.18 Å². The van der Waals surface area contributed by atoms with Gasteiger partial charge >= 0.3 is 0 Å². The zero-order valence-electron chi connectivity index (χ0n) is 17.1. The van der Waals surface area contributed by atoms with Crippen molar-refractivity contribution in [1.29, 1.82) is 0 Å². The van der Waals surface area contributed by atoms with Crippen LogP contribution in [0, 0.1) is 19.7 Å². The van der Waals surface area contributed by atoms with Crippen molar-refractivity contribution in [2.75, 3.05) is 11.9 Å². The van der Waals surface area contributed by atoms with Gasteiger partial charge < -0.3 is 4.90 Å². The first kappa shape index (κ1) is 20.3. The molecule has 152 valence electrons. The molecule has 1 unspecified atom stereocenters. The van der Waals surface area contributed by atoms with Crippen LogP contribution in [0.25, 0.3) is 0 Å². The smallest absolute Gasteiger partial charge is 0.251 e. The average molecular weight is 421 g/mol. The van der Waals surface area contributed by atoms with Gasteiger partial charge in [0.15, 0.2) is 0 Å². The summed E-state index contributed by atoms with van der Waals surface area (Å²) in [5.74, 6) is -0.407. The molecular weight excluding hydrogens is 399 g/mol. The van der Waals surface area contributed by atoms with Crippen molar-refractivity contribution in [3.05, 3.63) is 99.3 Å². The van der Waals surface area contributed by atoms with Gasteiger partial charge in [0.25, 0.3) is 5.91 Å². The second kappa shape index (κ2) is 8.04. The van der Waals surface area contributed by atoms with Crippen LogP contribution in [0.4, 0.5) is 10.1 Å². The SMILES string of the molecule is Cc1ccc(CC2N=C(c3ccc(F)cc3)c3cc(Cl)ccc3N(C)C2=O)c(C)c1. The van der Waals surface area contributed by atoms with E-state index in [0.717, 1.165) is 27.9 Å². The molecule has 4 rings (SSSR count). The van der Waals surface area contributed by atoms with Gasteiger partial charge in [-0.3, -0.25) is 9.79 Å². The Hall–Kier alpha value is -2.98. The predicted octanol–water partition coefficient (Wildman–Crippen LogP) is 5.52. The molecule has 0 spiro atoms. The van der Waals surface area contributed by atoms with Crippen LogP contribution in [0.1, 0.15) is 27.8 Å². The van der Waals surface area contributed by atoms with Gasteiger partial charge in [0.2, 0.25) is 0 Å². The largest absolute Gasteiger partial charge is 0.313 e. The number of aryl methyl sites for hydroxylation is 2. The van der Waals surface area contributed by atoms with Gasteiger partial charge in [-0.1, -0.05) is 35.4 Å². The molecule has 0 radical (unpaired) electrons. The number of aliphatic imine (C=N–C) groups is 1. The van der Waals surface area contributed by atoms with E-state index >= 15 is 0 Å². The van der Waals surface area contributed by atoms with Gasteiger partial charge in [0, 0.05) is 29.6 Å². The number of carbonyl (C=O) groups excluding carboxylic acids is 1. The topological polar surface area (TPSA) is 32.7 Å². The maximum absolute atomic E-state index is 13.5. The van der Waals surface area contributed by atoms with Crippen LogP contribution < -0.4 is 4.90 Å². The zero-order chi connectivity index (χ0) is 21.4. The van der Waals surface area contributed by atoms with Crippen LogP contribution in [-0.4, -0.2) is 24.7 Å². The number of benzene rings is 3. The molecule has 0 saturated carbocycles. The number of fused-ring (bicyclic) bond motifs is 1. The van der Waals surface area contributed by atoms with Gasteiger partial charge in [-0.05, 0) is 67.4 Å². The molecule has 1 atom stereocenters. The molecule has 1 heterocycles. The fourth-order valence-electron chi connectivity index (χ4n) is 3.87. The lowest BCUT2D eigenvalue weighted by Gasteiger charge is -2.21. The van der Waals surface area contributed by atoms with Crippen molar-refractivity contribution in [2.24, 2.45) is 4.99 Å². The number of benzodiazepines with no additional fused rings is 1. The van der Waals surface area contributed by atoms with Crippen molar-refractivity contribution in [2.45, 2.75) is 26.3 Å². The normalized spacial score (nSPS) is 16.2. The minimum Gasteiger partial charge on any atom is -0.313 e. The van der Waals surface area contributed by atoms with E-state index in [1.54, 1.807) is 30.1 Å². The summed E-state index contributed by atoms with van der Waals surface area (Å²) in [7, 11) is 1.76. The highest BCUT2D eigenvalue weighted by atomic mass is 35.5. The van der Waals surface area contributed by atoms with E-state index in [4.69, 9.17) is 16.6 Å².